The van der Waals surface area contributed by atoms with Crippen LogP contribution in [0.2, 0.25) is 0 Å². The standard InChI is InChI=1S/C22H29N3O3S/c1-15(26)28-20-17(14-24(5)6)11-16(12-18(20)22(2,3)4)13-19-21(27)25(8-7-23)9-10-29-19/h11-13H,8-10,14H2,1-6H3. The average molecular weight is 416 g/mol. The van der Waals surface area contributed by atoms with Crippen molar-refractivity contribution in [2.75, 3.05) is 32.9 Å². The predicted octanol–water partition coefficient (Wildman–Crippen LogP) is 3.41. The minimum absolute atomic E-state index is 0.0985. The Labute approximate surface area is 177 Å². The number of hydrogen-bond acceptors (Lipinski definition) is 6. The summed E-state index contributed by atoms with van der Waals surface area (Å²) < 4.78 is 5.62. The van der Waals surface area contributed by atoms with Crippen LogP contribution in [0.15, 0.2) is 17.0 Å². The van der Waals surface area contributed by atoms with E-state index in [1.54, 1.807) is 4.90 Å². The lowest BCUT2D eigenvalue weighted by Crippen LogP contribution is -2.37. The van der Waals surface area contributed by atoms with Gasteiger partial charge in [-0.2, -0.15) is 5.26 Å². The minimum Gasteiger partial charge on any atom is -0.426 e. The number of rotatable bonds is 5. The zero-order valence-corrected chi connectivity index (χ0v) is 18.9. The van der Waals surface area contributed by atoms with E-state index in [4.69, 9.17) is 10.00 Å². The van der Waals surface area contributed by atoms with Crippen molar-refractivity contribution in [1.82, 2.24) is 9.80 Å². The Hall–Kier alpha value is -2.30. The summed E-state index contributed by atoms with van der Waals surface area (Å²) in [4.78, 5) is 28.6. The number of thioether (sulfide) groups is 1. The molecular formula is C22H29N3O3S. The first kappa shape index (κ1) is 23.0. The van der Waals surface area contributed by atoms with Crippen LogP contribution in [0.1, 0.15) is 44.4 Å². The van der Waals surface area contributed by atoms with Crippen LogP contribution < -0.4 is 4.74 Å². The van der Waals surface area contributed by atoms with E-state index in [0.717, 1.165) is 22.4 Å². The molecule has 1 aliphatic heterocycles. The molecule has 1 aromatic carbocycles. The molecule has 29 heavy (non-hydrogen) atoms. The van der Waals surface area contributed by atoms with Crippen molar-refractivity contribution < 1.29 is 14.3 Å². The third kappa shape index (κ3) is 6.09. The largest absolute Gasteiger partial charge is 0.426 e. The number of nitrogens with zero attached hydrogens (tertiary/aromatic N) is 3. The van der Waals surface area contributed by atoms with E-state index in [9.17, 15) is 9.59 Å². The fourth-order valence-electron chi connectivity index (χ4n) is 3.15. The summed E-state index contributed by atoms with van der Waals surface area (Å²) in [5.41, 5.74) is 2.45. The molecule has 0 radical (unpaired) electrons. The number of esters is 1. The minimum atomic E-state index is -0.355. The number of carbonyl (C=O) groups excluding carboxylic acids is 2. The highest BCUT2D eigenvalue weighted by Gasteiger charge is 2.26. The second kappa shape index (κ2) is 9.47. The maximum Gasteiger partial charge on any atom is 0.308 e. The summed E-state index contributed by atoms with van der Waals surface area (Å²) in [6.07, 6.45) is 1.88. The molecule has 1 saturated heterocycles. The van der Waals surface area contributed by atoms with Crippen LogP contribution in [0, 0.1) is 11.3 Å². The third-order valence-corrected chi connectivity index (χ3v) is 5.39. The lowest BCUT2D eigenvalue weighted by molar-refractivity contribution is -0.132. The molecule has 0 bridgehead atoms. The van der Waals surface area contributed by atoms with Crippen molar-refractivity contribution in [2.24, 2.45) is 0 Å². The van der Waals surface area contributed by atoms with Gasteiger partial charge in [-0.1, -0.05) is 20.8 Å². The van der Waals surface area contributed by atoms with Crippen LogP contribution in [0.3, 0.4) is 0 Å². The maximum absolute atomic E-state index is 12.7. The smallest absolute Gasteiger partial charge is 0.308 e. The summed E-state index contributed by atoms with van der Waals surface area (Å²) in [6.45, 7) is 8.90. The number of benzene rings is 1. The summed E-state index contributed by atoms with van der Waals surface area (Å²) in [5.74, 6) is 0.890. The number of ether oxygens (including phenoxy) is 1. The summed E-state index contributed by atoms with van der Waals surface area (Å²) in [5, 5.41) is 8.94. The SMILES string of the molecule is CC(=O)Oc1c(CN(C)C)cc(C=C2SCCN(CC#N)C2=O)cc1C(C)(C)C. The van der Waals surface area contributed by atoms with Gasteiger partial charge in [0.1, 0.15) is 12.3 Å². The van der Waals surface area contributed by atoms with Gasteiger partial charge in [-0.15, -0.1) is 11.8 Å². The second-order valence-corrected chi connectivity index (χ2v) is 9.52. The molecule has 1 fully saturated rings. The molecule has 1 aromatic rings. The third-order valence-electron chi connectivity index (χ3n) is 4.40. The number of hydrogen-bond donors (Lipinski definition) is 0. The van der Waals surface area contributed by atoms with Gasteiger partial charge in [0, 0.05) is 36.9 Å². The summed E-state index contributed by atoms with van der Waals surface area (Å²) in [7, 11) is 3.92. The van der Waals surface area contributed by atoms with Crippen molar-refractivity contribution >= 4 is 29.7 Å². The molecule has 0 spiro atoms. The molecule has 0 N–H and O–H groups in total. The summed E-state index contributed by atoms with van der Waals surface area (Å²) >= 11 is 1.51. The molecular weight excluding hydrogens is 386 g/mol. The van der Waals surface area contributed by atoms with Crippen molar-refractivity contribution in [1.29, 1.82) is 5.26 Å². The number of nitriles is 1. The predicted molar refractivity (Wildman–Crippen MR) is 116 cm³/mol. The van der Waals surface area contributed by atoms with Gasteiger partial charge in [0.15, 0.2) is 0 Å². The van der Waals surface area contributed by atoms with E-state index < -0.39 is 0 Å². The first-order valence-electron chi connectivity index (χ1n) is 9.54. The van der Waals surface area contributed by atoms with E-state index in [0.29, 0.717) is 23.7 Å². The van der Waals surface area contributed by atoms with Crippen LogP contribution in [0.25, 0.3) is 6.08 Å². The molecule has 0 unspecified atom stereocenters. The van der Waals surface area contributed by atoms with E-state index in [2.05, 4.69) is 26.8 Å². The van der Waals surface area contributed by atoms with Crippen LogP contribution in [-0.2, 0) is 21.5 Å². The Balaban J connectivity index is 2.59. The van der Waals surface area contributed by atoms with Crippen molar-refractivity contribution in [3.63, 3.8) is 0 Å². The number of amides is 1. The molecule has 1 heterocycles. The monoisotopic (exact) mass is 415 g/mol. The molecule has 2 rings (SSSR count). The fraction of sp³-hybridized carbons (Fsp3) is 0.500. The van der Waals surface area contributed by atoms with Gasteiger partial charge in [-0.05, 0) is 43.3 Å². The first-order valence-corrected chi connectivity index (χ1v) is 10.5. The van der Waals surface area contributed by atoms with E-state index in [1.165, 1.54) is 18.7 Å². The van der Waals surface area contributed by atoms with Crippen LogP contribution in [-0.4, -0.2) is 54.6 Å². The first-order chi connectivity index (χ1) is 13.5. The Morgan fingerprint density at radius 3 is 2.62 bits per heavy atom. The van der Waals surface area contributed by atoms with Gasteiger partial charge in [0.25, 0.3) is 5.91 Å². The molecule has 1 amide bonds. The number of carbonyl (C=O) groups is 2. The normalized spacial score (nSPS) is 16.3. The van der Waals surface area contributed by atoms with Crippen LogP contribution in [0.5, 0.6) is 5.75 Å². The van der Waals surface area contributed by atoms with Crippen molar-refractivity contribution in [2.45, 2.75) is 39.7 Å². The molecule has 1 aliphatic rings. The second-order valence-electron chi connectivity index (χ2n) is 8.38. The highest BCUT2D eigenvalue weighted by Crippen LogP contribution is 2.37. The quantitative estimate of drug-likeness (QED) is 0.318. The van der Waals surface area contributed by atoms with Crippen LogP contribution >= 0.6 is 11.8 Å². The molecule has 0 atom stereocenters. The van der Waals surface area contributed by atoms with Crippen molar-refractivity contribution in [3.05, 3.63) is 33.7 Å². The maximum atomic E-state index is 12.7. The van der Waals surface area contributed by atoms with E-state index in [1.807, 2.05) is 37.2 Å². The Morgan fingerprint density at radius 2 is 2.07 bits per heavy atom. The Bertz CT molecular complexity index is 863. The van der Waals surface area contributed by atoms with Gasteiger partial charge in [-0.25, -0.2) is 0 Å². The van der Waals surface area contributed by atoms with Gasteiger partial charge >= 0.3 is 5.97 Å². The molecule has 156 valence electrons. The lowest BCUT2D eigenvalue weighted by Gasteiger charge is -2.27. The van der Waals surface area contributed by atoms with E-state index in [-0.39, 0.29) is 23.8 Å². The van der Waals surface area contributed by atoms with Crippen LogP contribution in [0.4, 0.5) is 0 Å². The van der Waals surface area contributed by atoms with Crippen molar-refractivity contribution in [3.8, 4) is 11.8 Å². The molecule has 0 saturated carbocycles. The average Bonchev–Trinajstić information content (AvgIpc) is 2.58. The Kier molecular flexibility index (Phi) is 7.50. The zero-order valence-electron chi connectivity index (χ0n) is 18.0. The van der Waals surface area contributed by atoms with E-state index >= 15 is 0 Å². The lowest BCUT2D eigenvalue weighted by atomic mass is 9.83. The fourth-order valence-corrected chi connectivity index (χ4v) is 4.16. The zero-order chi connectivity index (χ0) is 21.8. The van der Waals surface area contributed by atoms with Gasteiger partial charge in [0.05, 0.1) is 11.0 Å². The molecule has 6 nitrogen and oxygen atoms in total. The highest BCUT2D eigenvalue weighted by molar-refractivity contribution is 8.04. The molecule has 0 aromatic heterocycles. The molecule has 7 heteroatoms. The molecule has 0 aliphatic carbocycles. The highest BCUT2D eigenvalue weighted by atomic mass is 32.2. The van der Waals surface area contributed by atoms with Gasteiger partial charge in [0.2, 0.25) is 0 Å². The summed E-state index contributed by atoms with van der Waals surface area (Å²) in [6, 6.07) is 6.01. The Morgan fingerprint density at radius 1 is 1.38 bits per heavy atom. The van der Waals surface area contributed by atoms with Gasteiger partial charge < -0.3 is 14.5 Å². The topological polar surface area (TPSA) is 73.6 Å². The van der Waals surface area contributed by atoms with Gasteiger partial charge in [-0.3, -0.25) is 9.59 Å².